The maximum atomic E-state index is 13.4. The van der Waals surface area contributed by atoms with Crippen molar-refractivity contribution < 1.29 is 19.1 Å². The van der Waals surface area contributed by atoms with E-state index < -0.39 is 17.8 Å². The van der Waals surface area contributed by atoms with Crippen LogP contribution in [0.25, 0.3) is 5.78 Å². The fourth-order valence-corrected chi connectivity index (χ4v) is 4.69. The van der Waals surface area contributed by atoms with Gasteiger partial charge in [-0.1, -0.05) is 30.9 Å². The van der Waals surface area contributed by atoms with E-state index in [4.69, 9.17) is 10.5 Å². The fraction of sp³-hybridized carbons (Fsp3) is 0.214. The van der Waals surface area contributed by atoms with Gasteiger partial charge in [0.2, 0.25) is 0 Å². The molecule has 0 radical (unpaired) electrons. The fourth-order valence-electron chi connectivity index (χ4n) is 4.69. The lowest BCUT2D eigenvalue weighted by atomic mass is 9.98. The molecule has 2 amide bonds. The molecule has 4 N–H and O–H groups in total. The molecule has 39 heavy (non-hydrogen) atoms. The summed E-state index contributed by atoms with van der Waals surface area (Å²) in [5.74, 6) is -1.16. The van der Waals surface area contributed by atoms with Gasteiger partial charge in [0.1, 0.15) is 24.3 Å². The van der Waals surface area contributed by atoms with Gasteiger partial charge in [0.15, 0.2) is 0 Å². The van der Waals surface area contributed by atoms with Crippen molar-refractivity contribution in [1.82, 2.24) is 30.2 Å². The Kier molecular flexibility index (Phi) is 7.04. The molecule has 5 rings (SSSR count). The van der Waals surface area contributed by atoms with Crippen molar-refractivity contribution in [1.29, 1.82) is 0 Å². The highest BCUT2D eigenvalue weighted by atomic mass is 16.5. The number of carbonyl (C=O) groups is 3. The monoisotopic (exact) mass is 525 g/mol. The summed E-state index contributed by atoms with van der Waals surface area (Å²) in [6.07, 6.45) is 4.15. The minimum Gasteiger partial charge on any atom is -0.458 e. The number of rotatable bonds is 8. The molecule has 0 aliphatic heterocycles. The molecule has 0 saturated carbocycles. The number of ether oxygens (including phenoxy) is 1. The van der Waals surface area contributed by atoms with Gasteiger partial charge in [-0.3, -0.25) is 9.59 Å². The first kappa shape index (κ1) is 25.6. The quantitative estimate of drug-likeness (QED) is 0.180. The lowest BCUT2D eigenvalue weighted by molar-refractivity contribution is 0.0548. The number of carbonyl (C=O) groups excluding carboxylic acids is 3. The lowest BCUT2D eigenvalue weighted by Crippen LogP contribution is -2.30. The third-order valence-electron chi connectivity index (χ3n) is 6.70. The summed E-state index contributed by atoms with van der Waals surface area (Å²) in [5, 5.41) is 9.96. The number of nitrogen functional groups attached to an aromatic ring is 1. The van der Waals surface area contributed by atoms with E-state index in [2.05, 4.69) is 32.3 Å². The van der Waals surface area contributed by atoms with Gasteiger partial charge in [-0.25, -0.2) is 9.78 Å². The molecule has 2 aromatic carbocycles. The molecule has 0 fully saturated rings. The molecule has 0 spiro atoms. The number of esters is 1. The van der Waals surface area contributed by atoms with Crippen LogP contribution in [0.3, 0.4) is 0 Å². The van der Waals surface area contributed by atoms with E-state index >= 15 is 0 Å². The van der Waals surface area contributed by atoms with E-state index in [0.717, 1.165) is 22.3 Å². The maximum Gasteiger partial charge on any atom is 0.338 e. The van der Waals surface area contributed by atoms with Crippen LogP contribution in [0.5, 0.6) is 0 Å². The Hall–Kier alpha value is -5.06. The summed E-state index contributed by atoms with van der Waals surface area (Å²) in [6, 6.07) is 11.8. The normalized spacial score (nSPS) is 14.0. The first-order valence-electron chi connectivity index (χ1n) is 12.4. The number of nitrogens with zero attached hydrogens (tertiary/aromatic N) is 4. The van der Waals surface area contributed by atoms with Crippen molar-refractivity contribution in [3.05, 3.63) is 101 Å². The SMILES string of the molecule is C=CCOC(=O)c1ccc2c(c1C)CC[C@@H]2NC(=O)c1cc(C(=O)NCc2ccc(N)cc2)nc2ncnn12. The number of hydrogen-bond acceptors (Lipinski definition) is 8. The van der Waals surface area contributed by atoms with Crippen LogP contribution in [-0.2, 0) is 17.7 Å². The largest absolute Gasteiger partial charge is 0.458 e. The zero-order valence-electron chi connectivity index (χ0n) is 21.3. The molecule has 0 unspecified atom stereocenters. The van der Waals surface area contributed by atoms with Gasteiger partial charge in [0.25, 0.3) is 17.6 Å². The second-order valence-corrected chi connectivity index (χ2v) is 9.18. The maximum absolute atomic E-state index is 13.4. The van der Waals surface area contributed by atoms with Crippen LogP contribution in [-0.4, -0.2) is 44.0 Å². The highest BCUT2D eigenvalue weighted by molar-refractivity contribution is 5.98. The first-order chi connectivity index (χ1) is 18.9. The van der Waals surface area contributed by atoms with Gasteiger partial charge in [0.05, 0.1) is 11.6 Å². The van der Waals surface area contributed by atoms with Gasteiger partial charge < -0.3 is 21.1 Å². The van der Waals surface area contributed by atoms with E-state index in [1.807, 2.05) is 25.1 Å². The molecular weight excluding hydrogens is 498 g/mol. The lowest BCUT2D eigenvalue weighted by Gasteiger charge is -2.16. The Labute approximate surface area is 224 Å². The topological polar surface area (TPSA) is 154 Å². The van der Waals surface area contributed by atoms with Crippen LogP contribution >= 0.6 is 0 Å². The predicted molar refractivity (Wildman–Crippen MR) is 143 cm³/mol. The van der Waals surface area contributed by atoms with Gasteiger partial charge in [-0.05, 0) is 60.2 Å². The van der Waals surface area contributed by atoms with E-state index in [9.17, 15) is 14.4 Å². The highest BCUT2D eigenvalue weighted by Gasteiger charge is 2.29. The van der Waals surface area contributed by atoms with Crippen molar-refractivity contribution in [3.63, 3.8) is 0 Å². The number of nitrogens with two attached hydrogens (primary N) is 1. The van der Waals surface area contributed by atoms with Crippen molar-refractivity contribution in [2.24, 2.45) is 0 Å². The summed E-state index contributed by atoms with van der Waals surface area (Å²) >= 11 is 0. The molecule has 1 aliphatic carbocycles. The molecule has 0 saturated heterocycles. The van der Waals surface area contributed by atoms with Gasteiger partial charge >= 0.3 is 5.97 Å². The van der Waals surface area contributed by atoms with E-state index in [-0.39, 0.29) is 36.4 Å². The van der Waals surface area contributed by atoms with Crippen LogP contribution in [0, 0.1) is 6.92 Å². The molecule has 11 heteroatoms. The summed E-state index contributed by atoms with van der Waals surface area (Å²) < 4.78 is 6.49. The Bertz CT molecular complexity index is 1590. The van der Waals surface area contributed by atoms with Gasteiger partial charge in [-0.15, -0.1) is 0 Å². The predicted octanol–water partition coefficient (Wildman–Crippen LogP) is 2.71. The number of hydrogen-bond donors (Lipinski definition) is 3. The van der Waals surface area contributed by atoms with Crippen LogP contribution in [0.15, 0.2) is 61.4 Å². The van der Waals surface area contributed by atoms with E-state index in [0.29, 0.717) is 24.1 Å². The van der Waals surface area contributed by atoms with Crippen LogP contribution in [0.1, 0.15) is 66.1 Å². The average Bonchev–Trinajstić information content (AvgIpc) is 3.58. The second kappa shape index (κ2) is 10.7. The molecule has 198 valence electrons. The number of fused-ring (bicyclic) bond motifs is 2. The molecule has 2 aromatic heterocycles. The van der Waals surface area contributed by atoms with Crippen LogP contribution in [0.2, 0.25) is 0 Å². The molecule has 1 aliphatic rings. The Balaban J connectivity index is 1.35. The zero-order valence-corrected chi connectivity index (χ0v) is 21.3. The van der Waals surface area contributed by atoms with E-state index in [1.54, 1.807) is 18.2 Å². The summed E-state index contributed by atoms with van der Waals surface area (Å²) in [5.41, 5.74) is 10.7. The van der Waals surface area contributed by atoms with Crippen molar-refractivity contribution in [2.75, 3.05) is 12.3 Å². The molecule has 2 heterocycles. The Morgan fingerprint density at radius 1 is 1.18 bits per heavy atom. The molecular formula is C28H27N7O4. The van der Waals surface area contributed by atoms with Crippen molar-refractivity contribution in [3.8, 4) is 0 Å². The number of benzene rings is 2. The minimum absolute atomic E-state index is 0.0430. The summed E-state index contributed by atoms with van der Waals surface area (Å²) in [6.45, 7) is 5.85. The Morgan fingerprint density at radius 3 is 2.74 bits per heavy atom. The number of aromatic nitrogens is 4. The van der Waals surface area contributed by atoms with Crippen LogP contribution in [0.4, 0.5) is 5.69 Å². The van der Waals surface area contributed by atoms with E-state index in [1.165, 1.54) is 23.0 Å². The summed E-state index contributed by atoms with van der Waals surface area (Å²) in [4.78, 5) is 47.1. The third kappa shape index (κ3) is 5.19. The third-order valence-corrected chi connectivity index (χ3v) is 6.70. The first-order valence-corrected chi connectivity index (χ1v) is 12.4. The van der Waals surface area contributed by atoms with Gasteiger partial charge in [-0.2, -0.15) is 14.6 Å². The molecule has 11 nitrogen and oxygen atoms in total. The highest BCUT2D eigenvalue weighted by Crippen LogP contribution is 2.35. The zero-order chi connectivity index (χ0) is 27.5. The van der Waals surface area contributed by atoms with Crippen molar-refractivity contribution in [2.45, 2.75) is 32.4 Å². The number of amides is 2. The second-order valence-electron chi connectivity index (χ2n) is 9.18. The smallest absolute Gasteiger partial charge is 0.338 e. The van der Waals surface area contributed by atoms with Gasteiger partial charge in [0, 0.05) is 18.3 Å². The van der Waals surface area contributed by atoms with Crippen molar-refractivity contribution >= 4 is 29.2 Å². The number of anilines is 1. The molecule has 1 atom stereocenters. The molecule has 0 bridgehead atoms. The number of nitrogens with one attached hydrogen (secondary N) is 2. The Morgan fingerprint density at radius 2 is 1.97 bits per heavy atom. The summed E-state index contributed by atoms with van der Waals surface area (Å²) in [7, 11) is 0. The van der Waals surface area contributed by atoms with Crippen LogP contribution < -0.4 is 16.4 Å². The molecule has 4 aromatic rings. The minimum atomic E-state index is -0.455. The standard InChI is InChI=1S/C28H27N7O4/c1-3-12-39-27(38)20-8-9-21-19(16(20)2)10-11-22(21)33-26(37)24-13-23(34-28-31-15-32-35(24)28)25(36)30-14-17-4-6-18(29)7-5-17/h3-9,13,15,22H,1,10-12,14,29H2,2H3,(H,30,36)(H,33,37)/t22-/m0/s1. The average molecular weight is 526 g/mol.